The number of unbranched alkanes of at least 4 members (excludes halogenated alkanes) is 7. The van der Waals surface area contributed by atoms with Crippen molar-refractivity contribution in [3.8, 4) is 5.75 Å². The van der Waals surface area contributed by atoms with Gasteiger partial charge in [-0.15, -0.1) is 0 Å². The molecule has 0 saturated carbocycles. The maximum Gasteiger partial charge on any atom is 0.271 e. The molecular weight excluding hydrogens is 268 g/mol. The van der Waals surface area contributed by atoms with Gasteiger partial charge in [-0.05, 0) is 12.5 Å². The summed E-state index contributed by atoms with van der Waals surface area (Å²) >= 11 is 0. The Morgan fingerprint density at radius 2 is 1.71 bits per heavy atom. The van der Waals surface area contributed by atoms with Crippen LogP contribution in [0.3, 0.4) is 0 Å². The van der Waals surface area contributed by atoms with Crippen molar-refractivity contribution in [1.82, 2.24) is 0 Å². The van der Waals surface area contributed by atoms with Gasteiger partial charge < -0.3 is 10.5 Å². The highest BCUT2D eigenvalue weighted by atomic mass is 16.6. The molecule has 0 bridgehead atoms. The molecule has 5 heteroatoms. The van der Waals surface area contributed by atoms with E-state index in [1.807, 2.05) is 0 Å². The predicted molar refractivity (Wildman–Crippen MR) is 85.6 cm³/mol. The summed E-state index contributed by atoms with van der Waals surface area (Å²) in [6.45, 7) is 2.83. The van der Waals surface area contributed by atoms with E-state index in [9.17, 15) is 10.1 Å². The molecule has 0 amide bonds. The van der Waals surface area contributed by atoms with Crippen LogP contribution in [0.4, 0.5) is 11.4 Å². The Balaban J connectivity index is 2.14. The second-order valence-corrected chi connectivity index (χ2v) is 5.30. The monoisotopic (exact) mass is 294 g/mol. The van der Waals surface area contributed by atoms with Gasteiger partial charge in [-0.3, -0.25) is 10.1 Å². The molecule has 2 N–H and O–H groups in total. The van der Waals surface area contributed by atoms with Crippen molar-refractivity contribution in [2.45, 2.75) is 58.3 Å². The number of nitro benzene ring substituents is 1. The Morgan fingerprint density at radius 3 is 2.29 bits per heavy atom. The van der Waals surface area contributed by atoms with Gasteiger partial charge in [-0.1, -0.05) is 51.9 Å². The van der Waals surface area contributed by atoms with Gasteiger partial charge in [0.1, 0.15) is 5.75 Å². The molecular formula is C16H26N2O3. The van der Waals surface area contributed by atoms with Crippen LogP contribution in [-0.2, 0) is 0 Å². The molecule has 5 nitrogen and oxygen atoms in total. The normalized spacial score (nSPS) is 10.5. The SMILES string of the molecule is CCCCCCCCCCOc1ccc([N+](=O)[O-])cc1N. The summed E-state index contributed by atoms with van der Waals surface area (Å²) in [4.78, 5) is 10.1. The minimum Gasteiger partial charge on any atom is -0.491 e. The lowest BCUT2D eigenvalue weighted by molar-refractivity contribution is -0.384. The number of hydrogen-bond donors (Lipinski definition) is 1. The number of nitro groups is 1. The van der Waals surface area contributed by atoms with Crippen molar-refractivity contribution in [2.24, 2.45) is 0 Å². The number of nitrogen functional groups attached to an aromatic ring is 1. The summed E-state index contributed by atoms with van der Waals surface area (Å²) in [6.07, 6.45) is 9.95. The van der Waals surface area contributed by atoms with Gasteiger partial charge in [0.25, 0.3) is 5.69 Å². The molecule has 118 valence electrons. The molecule has 0 saturated heterocycles. The van der Waals surface area contributed by atoms with Crippen LogP contribution < -0.4 is 10.5 Å². The third-order valence-corrected chi connectivity index (χ3v) is 3.46. The van der Waals surface area contributed by atoms with E-state index in [0.29, 0.717) is 18.0 Å². The Morgan fingerprint density at radius 1 is 1.10 bits per heavy atom. The lowest BCUT2D eigenvalue weighted by atomic mass is 10.1. The van der Waals surface area contributed by atoms with E-state index in [0.717, 1.165) is 12.8 Å². The average Bonchev–Trinajstić information content (AvgIpc) is 2.46. The van der Waals surface area contributed by atoms with E-state index in [4.69, 9.17) is 10.5 Å². The quantitative estimate of drug-likeness (QED) is 0.278. The Labute approximate surface area is 126 Å². The third kappa shape index (κ3) is 6.97. The number of anilines is 1. The molecule has 21 heavy (non-hydrogen) atoms. The first kappa shape index (κ1) is 17.3. The number of ether oxygens (including phenoxy) is 1. The maximum absolute atomic E-state index is 10.6. The van der Waals surface area contributed by atoms with Gasteiger partial charge in [-0.2, -0.15) is 0 Å². The molecule has 1 aromatic rings. The fraction of sp³-hybridized carbons (Fsp3) is 0.625. The van der Waals surface area contributed by atoms with Crippen LogP contribution in [0.15, 0.2) is 18.2 Å². The van der Waals surface area contributed by atoms with E-state index in [-0.39, 0.29) is 5.69 Å². The van der Waals surface area contributed by atoms with Gasteiger partial charge in [0.15, 0.2) is 0 Å². The summed E-state index contributed by atoms with van der Waals surface area (Å²) < 4.78 is 5.57. The number of nitrogens with zero attached hydrogens (tertiary/aromatic N) is 1. The molecule has 0 fully saturated rings. The van der Waals surface area contributed by atoms with E-state index in [1.54, 1.807) is 6.07 Å². The van der Waals surface area contributed by atoms with Gasteiger partial charge in [0.2, 0.25) is 0 Å². The van der Waals surface area contributed by atoms with E-state index >= 15 is 0 Å². The van der Waals surface area contributed by atoms with Gasteiger partial charge >= 0.3 is 0 Å². The third-order valence-electron chi connectivity index (χ3n) is 3.46. The van der Waals surface area contributed by atoms with Gasteiger partial charge in [-0.25, -0.2) is 0 Å². The Hall–Kier alpha value is -1.78. The first-order valence-electron chi connectivity index (χ1n) is 7.82. The molecule has 0 atom stereocenters. The number of hydrogen-bond acceptors (Lipinski definition) is 4. The van der Waals surface area contributed by atoms with Crippen LogP contribution in [0.5, 0.6) is 5.75 Å². The smallest absolute Gasteiger partial charge is 0.271 e. The maximum atomic E-state index is 10.6. The highest BCUT2D eigenvalue weighted by molar-refractivity contribution is 5.58. The fourth-order valence-electron chi connectivity index (χ4n) is 2.20. The molecule has 1 rings (SSSR count). The van der Waals surface area contributed by atoms with E-state index < -0.39 is 4.92 Å². The molecule has 0 spiro atoms. The largest absolute Gasteiger partial charge is 0.491 e. The summed E-state index contributed by atoms with van der Waals surface area (Å²) in [7, 11) is 0. The van der Waals surface area contributed by atoms with Crippen molar-refractivity contribution in [2.75, 3.05) is 12.3 Å². The molecule has 0 aromatic heterocycles. The Bertz CT molecular complexity index is 436. The van der Waals surface area contributed by atoms with Crippen molar-refractivity contribution >= 4 is 11.4 Å². The molecule has 1 aromatic carbocycles. The zero-order valence-corrected chi connectivity index (χ0v) is 12.8. The Kier molecular flexibility index (Phi) is 8.24. The van der Waals surface area contributed by atoms with Crippen molar-refractivity contribution in [1.29, 1.82) is 0 Å². The predicted octanol–water partition coefficient (Wildman–Crippen LogP) is 4.70. The zero-order chi connectivity index (χ0) is 15.5. The van der Waals surface area contributed by atoms with Crippen molar-refractivity contribution in [3.63, 3.8) is 0 Å². The first-order valence-corrected chi connectivity index (χ1v) is 7.82. The standard InChI is InChI=1S/C16H26N2O3/c1-2-3-4-5-6-7-8-9-12-21-16-11-10-14(18(19)20)13-15(16)17/h10-11,13H,2-9,12,17H2,1H3. The van der Waals surface area contributed by atoms with Gasteiger partial charge in [0.05, 0.1) is 17.2 Å². The molecule has 0 unspecified atom stereocenters. The van der Waals surface area contributed by atoms with Crippen LogP contribution in [0.25, 0.3) is 0 Å². The second kappa shape index (κ2) is 10.0. The minimum absolute atomic E-state index is 0.00747. The first-order chi connectivity index (χ1) is 10.1. The molecule has 0 aliphatic heterocycles. The summed E-state index contributed by atoms with van der Waals surface area (Å²) in [5, 5.41) is 10.6. The van der Waals surface area contributed by atoms with Crippen LogP contribution in [0.2, 0.25) is 0 Å². The minimum atomic E-state index is -0.460. The zero-order valence-electron chi connectivity index (χ0n) is 12.8. The highest BCUT2D eigenvalue weighted by Crippen LogP contribution is 2.26. The van der Waals surface area contributed by atoms with Gasteiger partial charge in [0, 0.05) is 12.1 Å². The molecule has 0 aliphatic carbocycles. The van der Waals surface area contributed by atoms with Crippen LogP contribution in [0, 0.1) is 10.1 Å². The lowest BCUT2D eigenvalue weighted by Crippen LogP contribution is -2.01. The van der Waals surface area contributed by atoms with Crippen LogP contribution >= 0.6 is 0 Å². The average molecular weight is 294 g/mol. The lowest BCUT2D eigenvalue weighted by Gasteiger charge is -2.08. The number of nitrogens with two attached hydrogens (primary N) is 1. The van der Waals surface area contributed by atoms with Crippen LogP contribution in [-0.4, -0.2) is 11.5 Å². The number of non-ortho nitro benzene ring substituents is 1. The van der Waals surface area contributed by atoms with E-state index in [2.05, 4.69) is 6.92 Å². The van der Waals surface area contributed by atoms with Crippen molar-refractivity contribution < 1.29 is 9.66 Å². The van der Waals surface area contributed by atoms with E-state index in [1.165, 1.54) is 50.7 Å². The topological polar surface area (TPSA) is 78.4 Å². The summed E-state index contributed by atoms with van der Waals surface area (Å²) in [5.74, 6) is 0.531. The second-order valence-electron chi connectivity index (χ2n) is 5.30. The summed E-state index contributed by atoms with van der Waals surface area (Å²) in [6, 6.07) is 4.32. The molecule has 0 radical (unpaired) electrons. The van der Waals surface area contributed by atoms with Crippen LogP contribution in [0.1, 0.15) is 58.3 Å². The highest BCUT2D eigenvalue weighted by Gasteiger charge is 2.09. The number of rotatable bonds is 11. The summed E-state index contributed by atoms with van der Waals surface area (Å²) in [5.41, 5.74) is 6.05. The van der Waals surface area contributed by atoms with Crippen molar-refractivity contribution in [3.05, 3.63) is 28.3 Å². The fourth-order valence-corrected chi connectivity index (χ4v) is 2.20. The molecule has 0 aliphatic rings. The number of benzene rings is 1. The molecule has 0 heterocycles.